The molecule has 29 heavy (non-hydrogen) atoms. The van der Waals surface area contributed by atoms with Gasteiger partial charge in [-0.2, -0.15) is 5.26 Å². The van der Waals surface area contributed by atoms with Gasteiger partial charge in [-0.05, 0) is 42.0 Å². The van der Waals surface area contributed by atoms with E-state index in [0.29, 0.717) is 21.2 Å². The summed E-state index contributed by atoms with van der Waals surface area (Å²) < 4.78 is 0. The second kappa shape index (κ2) is 9.30. The number of nitro benzene ring substituents is 1. The minimum Gasteiger partial charge on any atom is -0.321 e. The summed E-state index contributed by atoms with van der Waals surface area (Å²) in [6, 6.07) is 20.4. The molecule has 2 aromatic carbocycles. The van der Waals surface area contributed by atoms with Crippen LogP contribution in [0.3, 0.4) is 0 Å². The van der Waals surface area contributed by atoms with Crippen molar-refractivity contribution in [2.75, 3.05) is 5.32 Å². The fraction of sp³-hybridized carbons (Fsp3) is 0. The summed E-state index contributed by atoms with van der Waals surface area (Å²) in [5.74, 6) is -0.590. The average molecular weight is 402 g/mol. The van der Waals surface area contributed by atoms with E-state index >= 15 is 0 Å². The topological polar surface area (TPSA) is 109 Å². The van der Waals surface area contributed by atoms with Crippen LogP contribution in [0.5, 0.6) is 0 Å². The first kappa shape index (κ1) is 19.8. The van der Waals surface area contributed by atoms with Gasteiger partial charge in [0.05, 0.1) is 9.82 Å². The molecule has 1 heterocycles. The maximum absolute atomic E-state index is 12.3. The molecule has 8 heteroatoms. The van der Waals surface area contributed by atoms with Crippen LogP contribution in [0.1, 0.15) is 5.56 Å². The van der Waals surface area contributed by atoms with E-state index in [1.54, 1.807) is 66.9 Å². The van der Waals surface area contributed by atoms with Crippen LogP contribution in [0.15, 0.2) is 88.4 Å². The zero-order valence-corrected chi connectivity index (χ0v) is 15.8. The Labute approximate surface area is 170 Å². The molecule has 0 spiro atoms. The van der Waals surface area contributed by atoms with Gasteiger partial charge in [0.1, 0.15) is 16.7 Å². The Morgan fingerprint density at radius 2 is 1.90 bits per heavy atom. The largest absolute Gasteiger partial charge is 0.321 e. The van der Waals surface area contributed by atoms with Crippen molar-refractivity contribution in [3.63, 3.8) is 0 Å². The van der Waals surface area contributed by atoms with E-state index in [-0.39, 0.29) is 11.3 Å². The number of anilines is 1. The predicted molar refractivity (Wildman–Crippen MR) is 110 cm³/mol. The van der Waals surface area contributed by atoms with Crippen LogP contribution in [0, 0.1) is 21.4 Å². The second-order valence-electron chi connectivity index (χ2n) is 5.74. The SMILES string of the molecule is N#C/C(=C\c1ccc(Sc2ccccn2)c([N+](=O)[O-])c1)C(=O)Nc1ccccc1. The number of amides is 1. The minimum atomic E-state index is -0.590. The van der Waals surface area contributed by atoms with Crippen molar-refractivity contribution in [1.29, 1.82) is 5.26 Å². The van der Waals surface area contributed by atoms with E-state index in [1.165, 1.54) is 23.9 Å². The number of aromatic nitrogens is 1. The summed E-state index contributed by atoms with van der Waals surface area (Å²) in [4.78, 5) is 27.9. The third-order valence-electron chi connectivity index (χ3n) is 3.74. The molecule has 3 aromatic rings. The summed E-state index contributed by atoms with van der Waals surface area (Å²) in [5.41, 5.74) is 0.636. The zero-order chi connectivity index (χ0) is 20.6. The van der Waals surface area contributed by atoms with Crippen molar-refractivity contribution in [2.45, 2.75) is 9.92 Å². The Kier molecular flexibility index (Phi) is 6.35. The molecule has 0 atom stereocenters. The second-order valence-corrected chi connectivity index (χ2v) is 6.81. The number of para-hydroxylation sites is 1. The lowest BCUT2D eigenvalue weighted by atomic mass is 10.1. The summed E-state index contributed by atoms with van der Waals surface area (Å²) in [6.07, 6.45) is 2.93. The van der Waals surface area contributed by atoms with Crippen LogP contribution in [0.4, 0.5) is 11.4 Å². The fourth-order valence-corrected chi connectivity index (χ4v) is 3.27. The fourth-order valence-electron chi connectivity index (χ4n) is 2.41. The van der Waals surface area contributed by atoms with Crippen molar-refractivity contribution >= 4 is 35.1 Å². The van der Waals surface area contributed by atoms with Crippen LogP contribution >= 0.6 is 11.8 Å². The van der Waals surface area contributed by atoms with Gasteiger partial charge in [-0.25, -0.2) is 4.98 Å². The molecule has 0 aliphatic heterocycles. The molecule has 1 aromatic heterocycles. The molecular formula is C21H14N4O3S. The summed E-state index contributed by atoms with van der Waals surface area (Å²) in [7, 11) is 0. The molecule has 0 aliphatic carbocycles. The molecule has 0 unspecified atom stereocenters. The lowest BCUT2D eigenvalue weighted by molar-refractivity contribution is -0.387. The molecule has 0 saturated heterocycles. The normalized spacial score (nSPS) is 10.8. The Balaban J connectivity index is 1.87. The summed E-state index contributed by atoms with van der Waals surface area (Å²) in [5, 5.41) is 24.1. The molecule has 1 amide bonds. The number of carbonyl (C=O) groups excluding carboxylic acids is 1. The van der Waals surface area contributed by atoms with Gasteiger partial charge in [0.25, 0.3) is 11.6 Å². The van der Waals surface area contributed by atoms with E-state index in [4.69, 9.17) is 0 Å². The maximum Gasteiger partial charge on any atom is 0.283 e. The van der Waals surface area contributed by atoms with Crippen molar-refractivity contribution in [2.24, 2.45) is 0 Å². The highest BCUT2D eigenvalue weighted by Crippen LogP contribution is 2.34. The van der Waals surface area contributed by atoms with Crippen LogP contribution in [0.25, 0.3) is 6.08 Å². The van der Waals surface area contributed by atoms with E-state index in [0.717, 1.165) is 0 Å². The third kappa shape index (κ3) is 5.28. The number of carbonyl (C=O) groups is 1. The number of benzene rings is 2. The maximum atomic E-state index is 12.3. The molecule has 0 fully saturated rings. The number of pyridine rings is 1. The lowest BCUT2D eigenvalue weighted by Gasteiger charge is -2.05. The third-order valence-corrected chi connectivity index (χ3v) is 4.76. The molecule has 7 nitrogen and oxygen atoms in total. The molecule has 3 rings (SSSR count). The smallest absolute Gasteiger partial charge is 0.283 e. The van der Waals surface area contributed by atoms with E-state index in [1.807, 2.05) is 6.07 Å². The molecule has 142 valence electrons. The number of nitriles is 1. The number of rotatable bonds is 6. The van der Waals surface area contributed by atoms with Crippen molar-refractivity contribution in [3.05, 3.63) is 94.2 Å². The van der Waals surface area contributed by atoms with Crippen molar-refractivity contribution in [3.8, 4) is 6.07 Å². The quantitative estimate of drug-likeness (QED) is 0.277. The van der Waals surface area contributed by atoms with Gasteiger partial charge in [-0.1, -0.05) is 42.1 Å². The summed E-state index contributed by atoms with van der Waals surface area (Å²) >= 11 is 1.17. The number of nitro groups is 1. The highest BCUT2D eigenvalue weighted by atomic mass is 32.2. The van der Waals surface area contributed by atoms with Gasteiger partial charge in [0.15, 0.2) is 0 Å². The van der Waals surface area contributed by atoms with Gasteiger partial charge in [-0.15, -0.1) is 0 Å². The minimum absolute atomic E-state index is 0.129. The monoisotopic (exact) mass is 402 g/mol. The molecule has 0 saturated carbocycles. The van der Waals surface area contributed by atoms with E-state index in [2.05, 4.69) is 10.3 Å². The Bertz CT molecular complexity index is 1110. The van der Waals surface area contributed by atoms with E-state index in [9.17, 15) is 20.2 Å². The van der Waals surface area contributed by atoms with Crippen LogP contribution in [-0.2, 0) is 4.79 Å². The molecule has 0 aliphatic rings. The Morgan fingerprint density at radius 3 is 2.55 bits per heavy atom. The van der Waals surface area contributed by atoms with Crippen molar-refractivity contribution in [1.82, 2.24) is 4.98 Å². The van der Waals surface area contributed by atoms with E-state index < -0.39 is 10.8 Å². The van der Waals surface area contributed by atoms with Crippen molar-refractivity contribution < 1.29 is 9.72 Å². The van der Waals surface area contributed by atoms with Gasteiger partial charge in [0.2, 0.25) is 0 Å². The Morgan fingerprint density at radius 1 is 1.14 bits per heavy atom. The predicted octanol–water partition coefficient (Wildman–Crippen LogP) is 4.69. The highest BCUT2D eigenvalue weighted by Gasteiger charge is 2.17. The number of hydrogen-bond acceptors (Lipinski definition) is 6. The first-order valence-corrected chi connectivity index (χ1v) is 9.24. The van der Waals surface area contributed by atoms with Gasteiger partial charge in [-0.3, -0.25) is 14.9 Å². The molecule has 0 radical (unpaired) electrons. The summed E-state index contributed by atoms with van der Waals surface area (Å²) in [6.45, 7) is 0. The lowest BCUT2D eigenvalue weighted by Crippen LogP contribution is -2.13. The molecule has 1 N–H and O–H groups in total. The van der Waals surface area contributed by atoms with Crippen LogP contribution in [-0.4, -0.2) is 15.8 Å². The number of nitrogens with one attached hydrogen (secondary N) is 1. The standard InChI is InChI=1S/C21H14N4O3S/c22-14-16(21(26)24-17-6-2-1-3-7-17)12-15-9-10-19(18(13-15)25(27)28)29-20-8-4-5-11-23-20/h1-13H,(H,24,26)/b16-12+. The first-order valence-electron chi connectivity index (χ1n) is 8.42. The van der Waals surface area contributed by atoms with Crippen LogP contribution < -0.4 is 5.32 Å². The molecular weight excluding hydrogens is 388 g/mol. The number of hydrogen-bond donors (Lipinski definition) is 1. The average Bonchev–Trinajstić information content (AvgIpc) is 2.74. The molecule has 0 bridgehead atoms. The Hall–Kier alpha value is -3.96. The van der Waals surface area contributed by atoms with Crippen LogP contribution in [0.2, 0.25) is 0 Å². The van der Waals surface area contributed by atoms with Gasteiger partial charge in [0, 0.05) is 18.0 Å². The number of nitrogens with zero attached hydrogens (tertiary/aromatic N) is 3. The van der Waals surface area contributed by atoms with Gasteiger partial charge >= 0.3 is 0 Å². The first-order chi connectivity index (χ1) is 14.1. The zero-order valence-electron chi connectivity index (χ0n) is 15.0. The highest BCUT2D eigenvalue weighted by molar-refractivity contribution is 7.99. The van der Waals surface area contributed by atoms with Gasteiger partial charge < -0.3 is 5.32 Å².